The highest BCUT2D eigenvalue weighted by Gasteiger charge is 2.31. The molecule has 0 radical (unpaired) electrons. The maximum absolute atomic E-state index is 14.0. The highest BCUT2D eigenvalue weighted by atomic mass is 32.2. The smallest absolute Gasteiger partial charge is 0.243 e. The largest absolute Gasteiger partial charge is 0.390 e. The topological polar surface area (TPSA) is 153 Å². The second-order valence-corrected chi connectivity index (χ2v) is 13.0. The van der Waals surface area contributed by atoms with Crippen LogP contribution in [0, 0.1) is 11.6 Å². The Morgan fingerprint density at radius 1 is 1.02 bits per heavy atom. The molecule has 3 rings (SSSR count). The van der Waals surface area contributed by atoms with Crippen molar-refractivity contribution in [2.24, 2.45) is 0 Å². The monoisotopic (exact) mass is 633 g/mol. The number of aliphatic hydroxyl groups is 1. The third-order valence-electron chi connectivity index (χ3n) is 7.04. The maximum atomic E-state index is 14.0. The highest BCUT2D eigenvalue weighted by Crippen LogP contribution is 2.13. The predicted octanol–water partition coefficient (Wildman–Crippen LogP) is 2.37. The Labute approximate surface area is 257 Å². The van der Waals surface area contributed by atoms with Crippen molar-refractivity contribution in [2.45, 2.75) is 70.7 Å². The van der Waals surface area contributed by atoms with Crippen LogP contribution in [-0.2, 0) is 45.2 Å². The lowest BCUT2D eigenvalue weighted by molar-refractivity contribution is -0.129. The van der Waals surface area contributed by atoms with Gasteiger partial charge in [0.25, 0.3) is 0 Å². The van der Waals surface area contributed by atoms with Crippen LogP contribution in [0.1, 0.15) is 49.1 Å². The van der Waals surface area contributed by atoms with Crippen LogP contribution in [0.5, 0.6) is 0 Å². The number of hydrogen-bond acceptors (Lipinski definition) is 7. The number of imidazole rings is 1. The van der Waals surface area contributed by atoms with Gasteiger partial charge in [0, 0.05) is 31.0 Å². The Balaban J connectivity index is 1.79. The first-order chi connectivity index (χ1) is 21.0. The number of aliphatic hydroxyl groups excluding tert-OH is 1. The van der Waals surface area contributed by atoms with Gasteiger partial charge in [0.15, 0.2) is 9.84 Å². The van der Waals surface area contributed by atoms with Gasteiger partial charge in [-0.2, -0.15) is 0 Å². The Morgan fingerprint density at radius 3 is 2.41 bits per heavy atom. The second-order valence-electron chi connectivity index (χ2n) is 10.8. The van der Waals surface area contributed by atoms with E-state index in [1.165, 1.54) is 12.5 Å². The zero-order chi connectivity index (χ0) is 32.1. The summed E-state index contributed by atoms with van der Waals surface area (Å²) in [5.74, 6) is -3.92. The van der Waals surface area contributed by atoms with Gasteiger partial charge in [0.05, 0.1) is 36.4 Å². The molecule has 0 aliphatic heterocycles. The lowest BCUT2D eigenvalue weighted by Gasteiger charge is -2.27. The van der Waals surface area contributed by atoms with Gasteiger partial charge in [-0.3, -0.25) is 9.59 Å². The number of carbonyl (C=O) groups excluding carboxylic acids is 2. The molecule has 0 bridgehead atoms. The van der Waals surface area contributed by atoms with E-state index < -0.39 is 57.2 Å². The number of aromatic nitrogens is 2. The molecular formula is C31H41F2N5O5S. The fraction of sp³-hybridized carbons (Fsp3) is 0.452. The molecule has 2 aromatic carbocycles. The van der Waals surface area contributed by atoms with Gasteiger partial charge in [-0.15, -0.1) is 0 Å². The molecule has 240 valence electrons. The Hall–Kier alpha value is -3.68. The molecule has 5 N–H and O–H groups in total. The minimum absolute atomic E-state index is 0.00471. The normalized spacial score (nSPS) is 13.7. The SMILES string of the molecule is CCCCS(=O)(=O)C[C@@H](NC(=O)Cc1cnc[nH]1)C(=O)N[C@@H](Cc1cc(F)cc(F)c1)[C@H](O)CNCc1cccc(CC)c1. The van der Waals surface area contributed by atoms with Crippen molar-refractivity contribution in [3.63, 3.8) is 0 Å². The summed E-state index contributed by atoms with van der Waals surface area (Å²) in [6.07, 6.45) is 3.12. The fourth-order valence-electron chi connectivity index (χ4n) is 4.70. The van der Waals surface area contributed by atoms with Crippen molar-refractivity contribution in [3.8, 4) is 0 Å². The highest BCUT2D eigenvalue weighted by molar-refractivity contribution is 7.91. The number of nitrogens with one attached hydrogen (secondary N) is 4. The summed E-state index contributed by atoms with van der Waals surface area (Å²) in [7, 11) is -3.74. The van der Waals surface area contributed by atoms with Crippen LogP contribution in [0.25, 0.3) is 0 Å². The minimum atomic E-state index is -3.74. The Kier molecular flexibility index (Phi) is 13.4. The van der Waals surface area contributed by atoms with Crippen molar-refractivity contribution in [2.75, 3.05) is 18.1 Å². The molecule has 1 aromatic heterocycles. The van der Waals surface area contributed by atoms with Gasteiger partial charge in [-0.25, -0.2) is 22.2 Å². The number of nitrogens with zero attached hydrogens (tertiary/aromatic N) is 1. The van der Waals surface area contributed by atoms with Crippen LogP contribution >= 0.6 is 0 Å². The molecule has 0 saturated heterocycles. The van der Waals surface area contributed by atoms with Crippen LogP contribution in [0.4, 0.5) is 8.78 Å². The number of unbranched alkanes of at least 4 members (excludes halogenated alkanes) is 1. The number of aromatic amines is 1. The zero-order valence-corrected chi connectivity index (χ0v) is 25.8. The Bertz CT molecular complexity index is 1450. The summed E-state index contributed by atoms with van der Waals surface area (Å²) in [6, 6.07) is 8.25. The molecule has 10 nitrogen and oxygen atoms in total. The molecule has 1 heterocycles. The molecular weight excluding hydrogens is 592 g/mol. The van der Waals surface area contributed by atoms with Crippen LogP contribution < -0.4 is 16.0 Å². The quantitative estimate of drug-likeness (QED) is 0.144. The van der Waals surface area contributed by atoms with Gasteiger partial charge < -0.3 is 26.0 Å². The van der Waals surface area contributed by atoms with Crippen LogP contribution in [-0.4, -0.2) is 71.5 Å². The third-order valence-corrected chi connectivity index (χ3v) is 8.79. The van der Waals surface area contributed by atoms with E-state index >= 15 is 0 Å². The van der Waals surface area contributed by atoms with Crippen LogP contribution in [0.3, 0.4) is 0 Å². The van der Waals surface area contributed by atoms with E-state index in [0.29, 0.717) is 31.1 Å². The Morgan fingerprint density at radius 2 is 1.75 bits per heavy atom. The van der Waals surface area contributed by atoms with E-state index in [1.807, 2.05) is 38.1 Å². The molecule has 0 saturated carbocycles. The number of H-pyrrole nitrogens is 1. The van der Waals surface area contributed by atoms with Gasteiger partial charge in [0.1, 0.15) is 17.7 Å². The second kappa shape index (κ2) is 17.0. The van der Waals surface area contributed by atoms with Gasteiger partial charge in [-0.1, -0.05) is 44.5 Å². The minimum Gasteiger partial charge on any atom is -0.390 e. The summed E-state index contributed by atoms with van der Waals surface area (Å²) in [6.45, 7) is 4.30. The summed E-state index contributed by atoms with van der Waals surface area (Å²) >= 11 is 0. The van der Waals surface area contributed by atoms with Crippen molar-refractivity contribution in [1.82, 2.24) is 25.9 Å². The molecule has 0 spiro atoms. The number of amides is 2. The van der Waals surface area contributed by atoms with E-state index in [2.05, 4.69) is 25.9 Å². The van der Waals surface area contributed by atoms with Crippen molar-refractivity contribution < 1.29 is 31.9 Å². The molecule has 44 heavy (non-hydrogen) atoms. The molecule has 3 aromatic rings. The molecule has 0 aliphatic rings. The number of halogens is 2. The predicted molar refractivity (Wildman–Crippen MR) is 163 cm³/mol. The zero-order valence-electron chi connectivity index (χ0n) is 25.0. The molecule has 2 amide bonds. The van der Waals surface area contributed by atoms with Crippen molar-refractivity contribution in [3.05, 3.63) is 89.0 Å². The summed E-state index contributed by atoms with van der Waals surface area (Å²) in [5.41, 5.74) is 2.78. The summed E-state index contributed by atoms with van der Waals surface area (Å²) in [5, 5.41) is 19.4. The molecule has 0 unspecified atom stereocenters. The summed E-state index contributed by atoms with van der Waals surface area (Å²) < 4.78 is 53.6. The average Bonchev–Trinajstić information content (AvgIpc) is 3.47. The lowest BCUT2D eigenvalue weighted by atomic mass is 10.00. The number of carbonyl (C=O) groups is 2. The van der Waals surface area contributed by atoms with Crippen molar-refractivity contribution >= 4 is 21.7 Å². The first-order valence-electron chi connectivity index (χ1n) is 14.7. The van der Waals surface area contributed by atoms with Crippen LogP contribution in [0.2, 0.25) is 0 Å². The number of aryl methyl sites for hydroxylation is 1. The number of rotatable bonds is 18. The van der Waals surface area contributed by atoms with E-state index in [-0.39, 0.29) is 30.7 Å². The van der Waals surface area contributed by atoms with E-state index in [1.54, 1.807) is 0 Å². The first-order valence-corrected chi connectivity index (χ1v) is 16.5. The van der Waals surface area contributed by atoms with Gasteiger partial charge in [-0.05, 0) is 48.1 Å². The number of sulfone groups is 1. The molecule has 0 fully saturated rings. The lowest BCUT2D eigenvalue weighted by Crippen LogP contribution is -2.56. The first kappa shape index (κ1) is 34.8. The maximum Gasteiger partial charge on any atom is 0.243 e. The molecule has 0 aliphatic carbocycles. The number of benzene rings is 2. The summed E-state index contributed by atoms with van der Waals surface area (Å²) in [4.78, 5) is 32.9. The number of hydrogen-bond donors (Lipinski definition) is 5. The van der Waals surface area contributed by atoms with Crippen molar-refractivity contribution in [1.29, 1.82) is 0 Å². The van der Waals surface area contributed by atoms with Gasteiger partial charge >= 0.3 is 0 Å². The standard InChI is InChI=1S/C31H41F2N5O5S/c1-3-5-9-44(42,43)19-28(37-30(40)15-26-17-35-20-36-26)31(41)38-27(13-23-11-24(32)14-25(33)12-23)29(39)18-34-16-22-8-6-7-21(4-2)10-22/h6-8,10-12,14,17,20,27-29,34,39H,3-5,9,13,15-16,18-19H2,1-2H3,(H,35,36)(H,37,40)(H,38,41)/t27-,28+,29+/m0/s1. The average molecular weight is 634 g/mol. The van der Waals surface area contributed by atoms with E-state index in [4.69, 9.17) is 0 Å². The van der Waals surface area contributed by atoms with E-state index in [9.17, 15) is 31.9 Å². The van der Waals surface area contributed by atoms with Gasteiger partial charge in [0.2, 0.25) is 11.8 Å². The third kappa shape index (κ3) is 11.8. The molecule has 13 heteroatoms. The fourth-order valence-corrected chi connectivity index (χ4v) is 6.34. The van der Waals surface area contributed by atoms with Crippen LogP contribution in [0.15, 0.2) is 55.0 Å². The molecule has 3 atom stereocenters. The van der Waals surface area contributed by atoms with E-state index in [0.717, 1.165) is 29.7 Å².